The minimum atomic E-state index is -1.20. The normalized spacial score (nSPS) is 24.5. The topological polar surface area (TPSA) is 144 Å². The summed E-state index contributed by atoms with van der Waals surface area (Å²) < 4.78 is 27.2. The van der Waals surface area contributed by atoms with Crippen LogP contribution >= 0.6 is 11.3 Å². The predicted octanol–water partition coefficient (Wildman–Crippen LogP) is 1.40. The second-order valence-corrected chi connectivity index (χ2v) is 8.57. The second-order valence-electron chi connectivity index (χ2n) is 7.45. The summed E-state index contributed by atoms with van der Waals surface area (Å²) in [7, 11) is 0. The Balaban J connectivity index is 2.34. The summed E-state index contributed by atoms with van der Waals surface area (Å²) in [6.07, 6.45) is -3.16. The third-order valence-electron chi connectivity index (χ3n) is 4.63. The SMILES string of the molecule is CC(=O)OC[C@H]1O[C@H](CCc2ncc(C(C)=O)s2)[C@@H](OC(C)=O)[C@@H](OC(C)=O)[C@@H]1OC(C)=O. The Kier molecular flexibility index (Phi) is 9.47. The summed E-state index contributed by atoms with van der Waals surface area (Å²) in [6.45, 7) is 5.89. The van der Waals surface area contributed by atoms with E-state index in [9.17, 15) is 24.0 Å². The van der Waals surface area contributed by atoms with Crippen LogP contribution in [0, 0.1) is 0 Å². The van der Waals surface area contributed by atoms with E-state index in [0.717, 1.165) is 6.92 Å². The molecule has 0 aromatic carbocycles. The fourth-order valence-electron chi connectivity index (χ4n) is 3.40. The Morgan fingerprint density at radius 1 is 0.848 bits per heavy atom. The van der Waals surface area contributed by atoms with Crippen LogP contribution < -0.4 is 0 Å². The minimum absolute atomic E-state index is 0.106. The molecule has 0 radical (unpaired) electrons. The quantitative estimate of drug-likeness (QED) is 0.284. The molecule has 5 atom stereocenters. The molecule has 182 valence electrons. The molecule has 1 aliphatic rings. The Morgan fingerprint density at radius 2 is 1.39 bits per heavy atom. The van der Waals surface area contributed by atoms with Crippen LogP contribution in [0.3, 0.4) is 0 Å². The third kappa shape index (κ3) is 7.90. The van der Waals surface area contributed by atoms with Crippen molar-refractivity contribution in [1.29, 1.82) is 0 Å². The zero-order chi connectivity index (χ0) is 24.7. The first-order valence-corrected chi connectivity index (χ1v) is 11.1. The van der Waals surface area contributed by atoms with Crippen molar-refractivity contribution in [3.05, 3.63) is 16.1 Å². The molecule has 12 heteroatoms. The largest absolute Gasteiger partial charge is 0.463 e. The molecule has 0 saturated carbocycles. The van der Waals surface area contributed by atoms with E-state index in [2.05, 4.69) is 4.98 Å². The van der Waals surface area contributed by atoms with E-state index in [1.54, 1.807) is 0 Å². The first kappa shape index (κ1) is 26.4. The summed E-state index contributed by atoms with van der Waals surface area (Å²) in [5.74, 6) is -2.72. The number of aryl methyl sites for hydroxylation is 1. The molecule has 1 aliphatic heterocycles. The molecule has 0 bridgehead atoms. The molecule has 0 unspecified atom stereocenters. The number of nitrogens with zero attached hydrogens (tertiary/aromatic N) is 1. The van der Waals surface area contributed by atoms with Crippen molar-refractivity contribution in [2.45, 2.75) is 78.0 Å². The Labute approximate surface area is 194 Å². The van der Waals surface area contributed by atoms with Gasteiger partial charge in [0.05, 0.1) is 16.0 Å². The number of Topliss-reactive ketones (excluding diaryl/α,β-unsaturated/α-hetero) is 1. The molecule has 2 rings (SSSR count). The van der Waals surface area contributed by atoms with Gasteiger partial charge in [-0.2, -0.15) is 0 Å². The van der Waals surface area contributed by atoms with Gasteiger partial charge in [-0.15, -0.1) is 11.3 Å². The van der Waals surface area contributed by atoms with Gasteiger partial charge in [-0.1, -0.05) is 0 Å². The molecule has 1 aromatic rings. The second kappa shape index (κ2) is 11.8. The highest BCUT2D eigenvalue weighted by Gasteiger charge is 2.51. The van der Waals surface area contributed by atoms with Gasteiger partial charge in [-0.3, -0.25) is 24.0 Å². The maximum Gasteiger partial charge on any atom is 0.303 e. The van der Waals surface area contributed by atoms with E-state index in [1.807, 2.05) is 0 Å². The van der Waals surface area contributed by atoms with Gasteiger partial charge in [-0.25, -0.2) is 4.98 Å². The molecule has 0 N–H and O–H groups in total. The van der Waals surface area contributed by atoms with Gasteiger partial charge in [0.15, 0.2) is 24.1 Å². The van der Waals surface area contributed by atoms with Crippen molar-refractivity contribution in [3.63, 3.8) is 0 Å². The highest BCUT2D eigenvalue weighted by atomic mass is 32.1. The van der Waals surface area contributed by atoms with Gasteiger partial charge in [0.1, 0.15) is 12.7 Å². The van der Waals surface area contributed by atoms with Crippen LogP contribution in [0.15, 0.2) is 6.20 Å². The van der Waals surface area contributed by atoms with Crippen molar-refractivity contribution < 1.29 is 47.7 Å². The van der Waals surface area contributed by atoms with Crippen molar-refractivity contribution >= 4 is 41.0 Å². The number of carbonyl (C=O) groups is 5. The van der Waals surface area contributed by atoms with Crippen LogP contribution in [0.1, 0.15) is 55.7 Å². The van der Waals surface area contributed by atoms with E-state index < -0.39 is 54.4 Å². The lowest BCUT2D eigenvalue weighted by Crippen LogP contribution is -2.62. The van der Waals surface area contributed by atoms with Gasteiger partial charge in [-0.05, 0) is 6.42 Å². The Hall–Kier alpha value is -2.86. The number of rotatable bonds is 9. The van der Waals surface area contributed by atoms with Crippen LogP contribution in [-0.4, -0.2) is 71.8 Å². The molecular weight excluding hydrogens is 458 g/mol. The zero-order valence-corrected chi connectivity index (χ0v) is 19.8. The molecule has 0 amide bonds. The van der Waals surface area contributed by atoms with E-state index in [-0.39, 0.29) is 18.8 Å². The summed E-state index contributed by atoms with van der Waals surface area (Å²) in [6, 6.07) is 0. The molecule has 33 heavy (non-hydrogen) atoms. The molecule has 0 spiro atoms. The van der Waals surface area contributed by atoms with Crippen LogP contribution in [0.25, 0.3) is 0 Å². The molecule has 1 fully saturated rings. The van der Waals surface area contributed by atoms with E-state index >= 15 is 0 Å². The standard InChI is InChI=1S/C21H27NO10S/c1-10(23)17-8-22-18(33-17)7-6-15-19(29-12(3)25)21(31-14(5)27)20(30-13(4)26)16(32-15)9-28-11(2)24/h8,15-16,19-21H,6-7,9H2,1-5H3/t15-,16-,19-,20-,21-/m1/s1. The number of esters is 4. The van der Waals surface area contributed by atoms with Crippen LogP contribution in [0.4, 0.5) is 0 Å². The fraction of sp³-hybridized carbons (Fsp3) is 0.619. The third-order valence-corrected chi connectivity index (χ3v) is 5.79. The number of ketones is 1. The summed E-state index contributed by atoms with van der Waals surface area (Å²) in [5, 5.41) is 0.660. The fourth-order valence-corrected chi connectivity index (χ4v) is 4.23. The smallest absolute Gasteiger partial charge is 0.303 e. The van der Waals surface area contributed by atoms with Crippen molar-refractivity contribution in [3.8, 4) is 0 Å². The molecule has 2 heterocycles. The van der Waals surface area contributed by atoms with Crippen molar-refractivity contribution in [1.82, 2.24) is 4.98 Å². The highest BCUT2D eigenvalue weighted by Crippen LogP contribution is 2.31. The minimum Gasteiger partial charge on any atom is -0.463 e. The highest BCUT2D eigenvalue weighted by molar-refractivity contribution is 7.13. The van der Waals surface area contributed by atoms with Gasteiger partial charge >= 0.3 is 23.9 Å². The Bertz CT molecular complexity index is 897. The zero-order valence-electron chi connectivity index (χ0n) is 19.0. The average molecular weight is 486 g/mol. The molecule has 0 aliphatic carbocycles. The van der Waals surface area contributed by atoms with E-state index in [4.69, 9.17) is 23.7 Å². The van der Waals surface area contributed by atoms with Gasteiger partial charge in [0.25, 0.3) is 0 Å². The maximum absolute atomic E-state index is 11.8. The lowest BCUT2D eigenvalue weighted by molar-refractivity contribution is -0.253. The first-order chi connectivity index (χ1) is 15.5. The first-order valence-electron chi connectivity index (χ1n) is 10.2. The molecule has 1 saturated heterocycles. The molecule has 1 aromatic heterocycles. The van der Waals surface area contributed by atoms with Crippen LogP contribution in [0.5, 0.6) is 0 Å². The number of hydrogen-bond acceptors (Lipinski definition) is 12. The Morgan fingerprint density at radius 3 is 1.88 bits per heavy atom. The summed E-state index contributed by atoms with van der Waals surface area (Å²) >= 11 is 1.23. The lowest BCUT2D eigenvalue weighted by atomic mass is 9.92. The molecular formula is C21H27NO10S. The van der Waals surface area contributed by atoms with Gasteiger partial charge in [0.2, 0.25) is 0 Å². The number of aromatic nitrogens is 1. The predicted molar refractivity (Wildman–Crippen MR) is 112 cm³/mol. The van der Waals surface area contributed by atoms with Crippen LogP contribution in [0.2, 0.25) is 0 Å². The van der Waals surface area contributed by atoms with E-state index in [1.165, 1.54) is 45.2 Å². The number of carbonyl (C=O) groups excluding carboxylic acids is 5. The monoisotopic (exact) mass is 485 g/mol. The van der Waals surface area contributed by atoms with Gasteiger partial charge < -0.3 is 23.7 Å². The van der Waals surface area contributed by atoms with Crippen LogP contribution in [-0.2, 0) is 49.3 Å². The van der Waals surface area contributed by atoms with E-state index in [0.29, 0.717) is 16.3 Å². The number of thiazole rings is 1. The van der Waals surface area contributed by atoms with Crippen molar-refractivity contribution in [2.24, 2.45) is 0 Å². The molecule has 11 nitrogen and oxygen atoms in total. The summed E-state index contributed by atoms with van der Waals surface area (Å²) in [5.41, 5.74) is 0. The number of ether oxygens (including phenoxy) is 5. The maximum atomic E-state index is 11.8. The number of hydrogen-bond donors (Lipinski definition) is 0. The lowest BCUT2D eigenvalue weighted by Gasteiger charge is -2.44. The summed E-state index contributed by atoms with van der Waals surface area (Å²) in [4.78, 5) is 63.0. The van der Waals surface area contributed by atoms with Gasteiger partial charge in [0, 0.05) is 47.2 Å². The average Bonchev–Trinajstić information content (AvgIpc) is 3.17. The van der Waals surface area contributed by atoms with Crippen molar-refractivity contribution in [2.75, 3.05) is 6.61 Å².